The number of amides is 1. The van der Waals surface area contributed by atoms with Crippen LogP contribution in [0, 0.1) is 11.8 Å². The summed E-state index contributed by atoms with van der Waals surface area (Å²) < 4.78 is 38.3. The lowest BCUT2D eigenvalue weighted by Gasteiger charge is -2.35. The van der Waals surface area contributed by atoms with Gasteiger partial charge in [-0.15, -0.1) is 0 Å². The lowest BCUT2D eigenvalue weighted by Crippen LogP contribution is -2.45. The smallest absolute Gasteiger partial charge is 0.393 e. The molecule has 1 amide bonds. The largest absolute Gasteiger partial charge is 0.416 e. The summed E-state index contributed by atoms with van der Waals surface area (Å²) in [5.41, 5.74) is -0.179. The second kappa shape index (κ2) is 7.55. The highest BCUT2D eigenvalue weighted by molar-refractivity contribution is 5.79. The first-order valence-corrected chi connectivity index (χ1v) is 8.31. The Morgan fingerprint density at radius 2 is 2.08 bits per heavy atom. The first-order chi connectivity index (χ1) is 11.2. The Balaban J connectivity index is 2.01. The SMILES string of the molecule is CC(Cc1cccc(C(F)(F)F)c1)C(=O)N1CCCC(C(C)O)C1. The van der Waals surface area contributed by atoms with E-state index in [1.54, 1.807) is 24.8 Å². The number of halogens is 3. The van der Waals surface area contributed by atoms with Crippen LogP contribution in [0.15, 0.2) is 24.3 Å². The molecule has 1 aliphatic heterocycles. The number of likely N-dealkylation sites (tertiary alicyclic amines) is 1. The van der Waals surface area contributed by atoms with Gasteiger partial charge >= 0.3 is 6.18 Å². The van der Waals surface area contributed by atoms with Gasteiger partial charge in [-0.3, -0.25) is 4.79 Å². The number of carbonyl (C=O) groups is 1. The van der Waals surface area contributed by atoms with Gasteiger partial charge in [0.15, 0.2) is 0 Å². The van der Waals surface area contributed by atoms with Gasteiger partial charge in [0.1, 0.15) is 0 Å². The normalized spacial score (nSPS) is 21.4. The highest BCUT2D eigenvalue weighted by Gasteiger charge is 2.31. The van der Waals surface area contributed by atoms with Gasteiger partial charge in [-0.05, 0) is 37.8 Å². The number of hydrogen-bond acceptors (Lipinski definition) is 2. The maximum Gasteiger partial charge on any atom is 0.416 e. The minimum absolute atomic E-state index is 0.0576. The molecule has 0 saturated carbocycles. The molecule has 6 heteroatoms. The van der Waals surface area contributed by atoms with Crippen molar-refractivity contribution in [3.63, 3.8) is 0 Å². The Labute approximate surface area is 140 Å². The van der Waals surface area contributed by atoms with Crippen molar-refractivity contribution in [2.24, 2.45) is 11.8 Å². The van der Waals surface area contributed by atoms with Crippen molar-refractivity contribution >= 4 is 5.91 Å². The van der Waals surface area contributed by atoms with Crippen molar-refractivity contribution in [1.29, 1.82) is 0 Å². The highest BCUT2D eigenvalue weighted by atomic mass is 19.4. The highest BCUT2D eigenvalue weighted by Crippen LogP contribution is 2.30. The van der Waals surface area contributed by atoms with E-state index < -0.39 is 17.8 Å². The van der Waals surface area contributed by atoms with Crippen LogP contribution < -0.4 is 0 Å². The third-order valence-corrected chi connectivity index (χ3v) is 4.67. The van der Waals surface area contributed by atoms with Gasteiger partial charge in [0.2, 0.25) is 5.91 Å². The van der Waals surface area contributed by atoms with Gasteiger partial charge in [0.05, 0.1) is 11.7 Å². The first kappa shape index (κ1) is 18.8. The van der Waals surface area contributed by atoms with Gasteiger partial charge in [0.25, 0.3) is 0 Å². The second-order valence-corrected chi connectivity index (χ2v) is 6.73. The Hall–Kier alpha value is -1.56. The number of benzene rings is 1. The zero-order chi connectivity index (χ0) is 17.9. The Morgan fingerprint density at radius 3 is 2.71 bits per heavy atom. The average molecular weight is 343 g/mol. The fourth-order valence-corrected chi connectivity index (χ4v) is 3.23. The van der Waals surface area contributed by atoms with E-state index in [1.807, 2.05) is 0 Å². The number of carbonyl (C=O) groups excluding carboxylic acids is 1. The van der Waals surface area contributed by atoms with E-state index in [1.165, 1.54) is 6.07 Å². The standard InChI is InChI=1S/C18H24F3NO2/c1-12(9-14-5-3-7-16(10-14)18(19,20)21)17(24)22-8-4-6-15(11-22)13(2)23/h3,5,7,10,12-13,15,23H,4,6,8-9,11H2,1-2H3. The van der Waals surface area contributed by atoms with E-state index >= 15 is 0 Å². The van der Waals surface area contributed by atoms with Gasteiger partial charge in [-0.2, -0.15) is 13.2 Å². The molecule has 1 N–H and O–H groups in total. The van der Waals surface area contributed by atoms with Gasteiger partial charge in [0, 0.05) is 24.9 Å². The summed E-state index contributed by atoms with van der Waals surface area (Å²) in [5, 5.41) is 9.71. The first-order valence-electron chi connectivity index (χ1n) is 8.31. The molecule has 0 spiro atoms. The lowest BCUT2D eigenvalue weighted by molar-refractivity contribution is -0.137. The molecular formula is C18H24F3NO2. The van der Waals surface area contributed by atoms with Crippen LogP contribution in [0.4, 0.5) is 13.2 Å². The number of rotatable bonds is 4. The molecule has 1 heterocycles. The molecule has 0 aliphatic carbocycles. The zero-order valence-corrected chi connectivity index (χ0v) is 14.0. The molecule has 0 radical (unpaired) electrons. The molecule has 3 unspecified atom stereocenters. The summed E-state index contributed by atoms with van der Waals surface area (Å²) in [6.07, 6.45) is -2.82. The molecule has 0 bridgehead atoms. The third kappa shape index (κ3) is 4.72. The van der Waals surface area contributed by atoms with E-state index in [4.69, 9.17) is 0 Å². The summed E-state index contributed by atoms with van der Waals surface area (Å²) in [6, 6.07) is 5.14. The number of hydrogen-bond donors (Lipinski definition) is 1. The average Bonchev–Trinajstić information content (AvgIpc) is 2.53. The van der Waals surface area contributed by atoms with Crippen LogP contribution in [0.2, 0.25) is 0 Å². The van der Waals surface area contributed by atoms with Crippen LogP contribution in [-0.4, -0.2) is 35.1 Å². The van der Waals surface area contributed by atoms with Crippen LogP contribution in [0.3, 0.4) is 0 Å². The van der Waals surface area contributed by atoms with E-state index in [0.717, 1.165) is 25.0 Å². The number of piperidine rings is 1. The molecule has 1 aromatic rings. The van der Waals surface area contributed by atoms with Crippen molar-refractivity contribution in [2.75, 3.05) is 13.1 Å². The van der Waals surface area contributed by atoms with E-state index in [2.05, 4.69) is 0 Å². The molecule has 1 aromatic carbocycles. The Kier molecular flexibility index (Phi) is 5.91. The van der Waals surface area contributed by atoms with Crippen LogP contribution in [-0.2, 0) is 17.4 Å². The molecule has 3 atom stereocenters. The third-order valence-electron chi connectivity index (χ3n) is 4.67. The Bertz CT molecular complexity index is 572. The predicted molar refractivity (Wildman–Crippen MR) is 85.3 cm³/mol. The van der Waals surface area contributed by atoms with E-state index in [9.17, 15) is 23.1 Å². The molecule has 24 heavy (non-hydrogen) atoms. The van der Waals surface area contributed by atoms with Crippen molar-refractivity contribution < 1.29 is 23.1 Å². The fourth-order valence-electron chi connectivity index (χ4n) is 3.23. The van der Waals surface area contributed by atoms with Crippen LogP contribution in [0.1, 0.15) is 37.8 Å². The minimum atomic E-state index is -4.37. The van der Waals surface area contributed by atoms with Gasteiger partial charge < -0.3 is 10.0 Å². The van der Waals surface area contributed by atoms with Crippen LogP contribution >= 0.6 is 0 Å². The van der Waals surface area contributed by atoms with Gasteiger partial charge in [-0.1, -0.05) is 25.1 Å². The molecule has 0 aromatic heterocycles. The number of alkyl halides is 3. The summed E-state index contributed by atoms with van der Waals surface area (Å²) in [7, 11) is 0. The summed E-state index contributed by atoms with van der Waals surface area (Å²) in [4.78, 5) is 14.3. The van der Waals surface area contributed by atoms with Crippen molar-refractivity contribution in [3.05, 3.63) is 35.4 Å². The number of aliphatic hydroxyl groups excluding tert-OH is 1. The van der Waals surface area contributed by atoms with Crippen LogP contribution in [0.25, 0.3) is 0 Å². The van der Waals surface area contributed by atoms with Gasteiger partial charge in [-0.25, -0.2) is 0 Å². The monoisotopic (exact) mass is 343 g/mol. The number of nitrogens with zero attached hydrogens (tertiary/aromatic N) is 1. The molecule has 1 aliphatic rings. The van der Waals surface area contributed by atoms with Crippen molar-refractivity contribution in [3.8, 4) is 0 Å². The molecular weight excluding hydrogens is 319 g/mol. The lowest BCUT2D eigenvalue weighted by atomic mass is 9.91. The second-order valence-electron chi connectivity index (χ2n) is 6.73. The van der Waals surface area contributed by atoms with E-state index in [-0.39, 0.29) is 24.2 Å². The fraction of sp³-hybridized carbons (Fsp3) is 0.611. The summed E-state index contributed by atoms with van der Waals surface area (Å²) in [6.45, 7) is 4.64. The zero-order valence-electron chi connectivity index (χ0n) is 14.0. The minimum Gasteiger partial charge on any atom is -0.393 e. The van der Waals surface area contributed by atoms with Crippen molar-refractivity contribution in [2.45, 2.75) is 45.4 Å². The van der Waals surface area contributed by atoms with Crippen LogP contribution in [0.5, 0.6) is 0 Å². The molecule has 3 nitrogen and oxygen atoms in total. The maximum atomic E-state index is 12.8. The summed E-state index contributed by atoms with van der Waals surface area (Å²) >= 11 is 0. The molecule has 2 rings (SSSR count). The van der Waals surface area contributed by atoms with E-state index in [0.29, 0.717) is 18.7 Å². The summed E-state index contributed by atoms with van der Waals surface area (Å²) in [5.74, 6) is -0.373. The molecule has 1 fully saturated rings. The number of aliphatic hydroxyl groups is 1. The topological polar surface area (TPSA) is 40.5 Å². The molecule has 134 valence electrons. The maximum absolute atomic E-state index is 12.8. The predicted octanol–water partition coefficient (Wildman–Crippen LogP) is 3.50. The van der Waals surface area contributed by atoms with Crippen molar-refractivity contribution in [1.82, 2.24) is 4.90 Å². The Morgan fingerprint density at radius 1 is 1.38 bits per heavy atom. The molecule has 1 saturated heterocycles. The quantitative estimate of drug-likeness (QED) is 0.909.